The van der Waals surface area contributed by atoms with Gasteiger partial charge >= 0.3 is 0 Å². The van der Waals surface area contributed by atoms with E-state index in [-0.39, 0.29) is 23.7 Å². The molecule has 3 aromatic carbocycles. The van der Waals surface area contributed by atoms with Crippen LogP contribution in [0.5, 0.6) is 0 Å². The van der Waals surface area contributed by atoms with Gasteiger partial charge in [0.2, 0.25) is 0 Å². The molecule has 0 amide bonds. The van der Waals surface area contributed by atoms with Crippen molar-refractivity contribution in [1.29, 1.82) is 0 Å². The van der Waals surface area contributed by atoms with Gasteiger partial charge in [-0.1, -0.05) is 50.2 Å². The lowest BCUT2D eigenvalue weighted by Crippen LogP contribution is -1.95. The van der Waals surface area contributed by atoms with Crippen LogP contribution in [0.4, 0.5) is 0 Å². The minimum Gasteiger partial charge on any atom is -0.455 e. The van der Waals surface area contributed by atoms with Crippen LogP contribution in [-0.2, 0) is 6.37 Å². The lowest BCUT2D eigenvalue weighted by molar-refractivity contribution is 0.647. The van der Waals surface area contributed by atoms with Crippen molar-refractivity contribution in [3.8, 4) is 11.3 Å². The number of furan rings is 1. The maximum absolute atomic E-state index is 8.46. The lowest BCUT2D eigenvalue weighted by Gasteiger charge is -2.07. The molecule has 2 heteroatoms. The molecule has 0 saturated heterocycles. The Morgan fingerprint density at radius 2 is 1.81 bits per heavy atom. The molecule has 0 saturated carbocycles. The molecule has 0 aliphatic rings. The van der Waals surface area contributed by atoms with Crippen LogP contribution in [0.1, 0.15) is 24.9 Å². The number of hydrogen-bond donors (Lipinski definition) is 0. The molecule has 0 aliphatic carbocycles. The number of aromatic nitrogens is 1. The van der Waals surface area contributed by atoms with Gasteiger partial charge in [-0.25, -0.2) is 0 Å². The van der Waals surface area contributed by atoms with Crippen molar-refractivity contribution in [2.45, 2.75) is 20.2 Å². The first-order valence-electron chi connectivity index (χ1n) is 11.1. The summed E-state index contributed by atoms with van der Waals surface area (Å²) in [7, 11) is 0. The zero-order valence-corrected chi connectivity index (χ0v) is 15.2. The summed E-state index contributed by atoms with van der Waals surface area (Å²) in [5, 5.41) is 4.15. The maximum atomic E-state index is 8.46. The average Bonchev–Trinajstić information content (AvgIpc) is 3.11. The highest BCUT2D eigenvalue weighted by Crippen LogP contribution is 2.37. The summed E-state index contributed by atoms with van der Waals surface area (Å²) >= 11 is 0. The topological polar surface area (TPSA) is 26.0 Å². The van der Waals surface area contributed by atoms with Gasteiger partial charge in [-0.3, -0.25) is 4.98 Å². The molecule has 0 spiro atoms. The molecule has 132 valence electrons. The quantitative estimate of drug-likeness (QED) is 0.348. The van der Waals surface area contributed by atoms with E-state index in [1.165, 1.54) is 0 Å². The minimum absolute atomic E-state index is 0.175. The molecular weight excluding hydrogens is 330 g/mol. The Balaban J connectivity index is 1.79. The molecular formula is C25H21NO. The fourth-order valence-corrected chi connectivity index (χ4v) is 3.57. The maximum Gasteiger partial charge on any atom is 0.144 e. The number of para-hydroxylation sites is 1. The van der Waals surface area contributed by atoms with E-state index < -0.39 is 6.37 Å². The molecule has 0 aliphatic heterocycles. The number of fused-ring (bicyclic) bond motifs is 4. The largest absolute Gasteiger partial charge is 0.455 e. The SMILES string of the molecule is [2H]c1nc(-c2cccc3c2oc2cc4ccccc4cc23)cc(C([2H])([2H])C(C)C)c1[2H]. The van der Waals surface area contributed by atoms with E-state index in [0.29, 0.717) is 16.8 Å². The summed E-state index contributed by atoms with van der Waals surface area (Å²) in [6.45, 7) is 3.54. The van der Waals surface area contributed by atoms with Crippen molar-refractivity contribution in [3.63, 3.8) is 0 Å². The first-order chi connectivity index (χ1) is 14.8. The zero-order chi connectivity index (χ0) is 21.9. The van der Waals surface area contributed by atoms with Gasteiger partial charge in [0, 0.05) is 25.3 Å². The third-order valence-corrected chi connectivity index (χ3v) is 4.73. The van der Waals surface area contributed by atoms with Crippen LogP contribution in [0.3, 0.4) is 0 Å². The summed E-state index contributed by atoms with van der Waals surface area (Å²) < 4.78 is 39.6. The molecule has 2 nitrogen and oxygen atoms in total. The standard InChI is InChI=1S/C25H21NO/c1-16(2)12-17-10-11-26-23(13-17)21-9-5-8-20-22-14-18-6-3-4-7-19(18)15-24(22)27-25(20)21/h3-11,13-16H,12H2,1-2H3/i10D,11D,12D2. The monoisotopic (exact) mass is 355 g/mol. The Hall–Kier alpha value is -3.13. The zero-order valence-electron chi connectivity index (χ0n) is 19.2. The van der Waals surface area contributed by atoms with Crippen molar-refractivity contribution < 1.29 is 9.90 Å². The summed E-state index contributed by atoms with van der Waals surface area (Å²) in [6.07, 6.45) is -1.99. The molecule has 0 unspecified atom stereocenters. The van der Waals surface area contributed by atoms with Crippen LogP contribution in [0.25, 0.3) is 44.0 Å². The van der Waals surface area contributed by atoms with E-state index in [2.05, 4.69) is 17.1 Å². The third-order valence-electron chi connectivity index (χ3n) is 4.73. The Kier molecular flexibility index (Phi) is 2.84. The Morgan fingerprint density at radius 1 is 1.00 bits per heavy atom. The highest BCUT2D eigenvalue weighted by molar-refractivity contribution is 6.12. The normalized spacial score (nSPS) is 14.5. The van der Waals surface area contributed by atoms with E-state index in [4.69, 9.17) is 9.90 Å². The van der Waals surface area contributed by atoms with E-state index in [1.54, 1.807) is 19.9 Å². The van der Waals surface area contributed by atoms with Gasteiger partial charge in [0.25, 0.3) is 0 Å². The second-order valence-electron chi connectivity index (χ2n) is 7.07. The molecule has 5 aromatic rings. The number of hydrogen-bond acceptors (Lipinski definition) is 2. The number of pyridine rings is 1. The highest BCUT2D eigenvalue weighted by atomic mass is 16.3. The van der Waals surface area contributed by atoms with Crippen molar-refractivity contribution in [2.75, 3.05) is 0 Å². The van der Waals surface area contributed by atoms with Crippen LogP contribution >= 0.6 is 0 Å². The van der Waals surface area contributed by atoms with E-state index in [0.717, 1.165) is 27.1 Å². The Morgan fingerprint density at radius 3 is 2.63 bits per heavy atom. The van der Waals surface area contributed by atoms with Crippen molar-refractivity contribution in [1.82, 2.24) is 4.98 Å². The van der Waals surface area contributed by atoms with Crippen molar-refractivity contribution in [2.24, 2.45) is 5.92 Å². The number of benzene rings is 3. The lowest BCUT2D eigenvalue weighted by atomic mass is 10.0. The summed E-state index contributed by atoms with van der Waals surface area (Å²) in [6, 6.07) is 19.4. The molecule has 0 bridgehead atoms. The van der Waals surface area contributed by atoms with Gasteiger partial charge in [-0.05, 0) is 58.9 Å². The molecule has 0 fully saturated rings. The summed E-state index contributed by atoms with van der Waals surface area (Å²) in [5.74, 6) is -0.347. The van der Waals surface area contributed by atoms with Gasteiger partial charge in [0.1, 0.15) is 11.2 Å². The molecule has 0 atom stereocenters. The predicted octanol–water partition coefficient (Wildman–Crippen LogP) is 7.00. The van der Waals surface area contributed by atoms with E-state index >= 15 is 0 Å². The fraction of sp³-hybridized carbons (Fsp3) is 0.160. The van der Waals surface area contributed by atoms with Crippen molar-refractivity contribution in [3.05, 3.63) is 78.4 Å². The summed E-state index contributed by atoms with van der Waals surface area (Å²) in [5.41, 5.74) is 2.72. The van der Waals surface area contributed by atoms with Crippen LogP contribution in [0, 0.1) is 5.92 Å². The minimum atomic E-state index is -1.75. The number of nitrogens with zero attached hydrogens (tertiary/aromatic N) is 1. The van der Waals surface area contributed by atoms with Crippen LogP contribution in [-0.4, -0.2) is 4.98 Å². The molecule has 2 heterocycles. The Bertz CT molecular complexity index is 1470. The molecule has 27 heavy (non-hydrogen) atoms. The van der Waals surface area contributed by atoms with E-state index in [1.807, 2.05) is 42.5 Å². The Labute approximate surface area is 164 Å². The van der Waals surface area contributed by atoms with Crippen LogP contribution in [0.15, 0.2) is 77.3 Å². The third kappa shape index (κ3) is 2.78. The van der Waals surface area contributed by atoms with Crippen LogP contribution < -0.4 is 0 Å². The molecule has 0 N–H and O–H groups in total. The first-order valence-corrected chi connectivity index (χ1v) is 9.10. The second-order valence-corrected chi connectivity index (χ2v) is 7.07. The van der Waals surface area contributed by atoms with Crippen LogP contribution in [0.2, 0.25) is 0 Å². The average molecular weight is 355 g/mol. The fourth-order valence-electron chi connectivity index (χ4n) is 3.57. The predicted molar refractivity (Wildman–Crippen MR) is 113 cm³/mol. The number of rotatable bonds is 3. The molecule has 0 radical (unpaired) electrons. The highest BCUT2D eigenvalue weighted by Gasteiger charge is 2.14. The first kappa shape index (κ1) is 12.3. The molecule has 2 aromatic heterocycles. The van der Waals surface area contributed by atoms with Gasteiger partial charge in [0.15, 0.2) is 0 Å². The molecule has 5 rings (SSSR count). The van der Waals surface area contributed by atoms with Crippen molar-refractivity contribution >= 4 is 32.7 Å². The second kappa shape index (κ2) is 6.24. The van der Waals surface area contributed by atoms with Gasteiger partial charge < -0.3 is 4.42 Å². The summed E-state index contributed by atoms with van der Waals surface area (Å²) in [4.78, 5) is 4.30. The van der Waals surface area contributed by atoms with Gasteiger partial charge in [-0.15, -0.1) is 0 Å². The van der Waals surface area contributed by atoms with Gasteiger partial charge in [-0.2, -0.15) is 0 Å². The smallest absolute Gasteiger partial charge is 0.144 e. The van der Waals surface area contributed by atoms with E-state index in [9.17, 15) is 0 Å². The van der Waals surface area contributed by atoms with Gasteiger partial charge in [0.05, 0.1) is 8.44 Å².